The summed E-state index contributed by atoms with van der Waals surface area (Å²) in [7, 11) is -2.96. The Balaban J connectivity index is 1.86. The molecule has 3 heterocycles. The van der Waals surface area contributed by atoms with Crippen molar-refractivity contribution in [3.05, 3.63) is 22.8 Å². The van der Waals surface area contributed by atoms with Crippen molar-refractivity contribution in [2.45, 2.75) is 12.3 Å². The fraction of sp³-hybridized carbons (Fsp3) is 0.364. The molecule has 0 bridgehead atoms. The van der Waals surface area contributed by atoms with Gasteiger partial charge in [0, 0.05) is 5.92 Å². The number of thiophene rings is 1. The smallest absolute Gasteiger partial charge is 0.268 e. The van der Waals surface area contributed by atoms with Gasteiger partial charge in [0.1, 0.15) is 10.9 Å². The van der Waals surface area contributed by atoms with Gasteiger partial charge in [-0.2, -0.15) is 10.2 Å². The van der Waals surface area contributed by atoms with Gasteiger partial charge >= 0.3 is 0 Å². The minimum atomic E-state index is -2.96. The van der Waals surface area contributed by atoms with Crippen molar-refractivity contribution in [1.82, 2.24) is 10.1 Å². The van der Waals surface area contributed by atoms with E-state index in [0.717, 1.165) is 4.88 Å². The molecule has 2 aromatic rings. The summed E-state index contributed by atoms with van der Waals surface area (Å²) in [5.41, 5.74) is 0. The van der Waals surface area contributed by atoms with Gasteiger partial charge in [-0.05, 0) is 18.6 Å². The molecule has 1 saturated heterocycles. The topological polar surface area (TPSA) is 96.8 Å². The molecule has 98 valence electrons. The van der Waals surface area contributed by atoms with E-state index in [0.29, 0.717) is 23.0 Å². The van der Waals surface area contributed by atoms with Crippen LogP contribution in [0.1, 0.15) is 23.0 Å². The van der Waals surface area contributed by atoms with Crippen LogP contribution < -0.4 is 0 Å². The van der Waals surface area contributed by atoms with Crippen LogP contribution in [0.2, 0.25) is 0 Å². The number of aromatic nitrogens is 2. The SMILES string of the molecule is N#Cc1ccc(-c2nc(C3CCS(=O)(=O)C3)no2)s1. The lowest BCUT2D eigenvalue weighted by molar-refractivity contribution is 0.418. The minimum absolute atomic E-state index is 0.0832. The number of hydrogen-bond acceptors (Lipinski definition) is 7. The molecule has 0 saturated carbocycles. The molecule has 19 heavy (non-hydrogen) atoms. The molecule has 0 spiro atoms. The fourth-order valence-corrected chi connectivity index (χ4v) is 4.48. The van der Waals surface area contributed by atoms with E-state index in [4.69, 9.17) is 9.78 Å². The average molecular weight is 295 g/mol. The Hall–Kier alpha value is -1.72. The maximum absolute atomic E-state index is 11.4. The molecule has 0 N–H and O–H groups in total. The highest BCUT2D eigenvalue weighted by molar-refractivity contribution is 7.91. The van der Waals surface area contributed by atoms with Crippen LogP contribution in [-0.4, -0.2) is 30.1 Å². The van der Waals surface area contributed by atoms with Crippen molar-refractivity contribution in [2.75, 3.05) is 11.5 Å². The zero-order valence-electron chi connectivity index (χ0n) is 9.74. The average Bonchev–Trinajstić information content (AvgIpc) is 3.05. The van der Waals surface area contributed by atoms with E-state index in [1.165, 1.54) is 11.3 Å². The number of hydrogen-bond donors (Lipinski definition) is 0. The van der Waals surface area contributed by atoms with Crippen molar-refractivity contribution < 1.29 is 12.9 Å². The van der Waals surface area contributed by atoms with Crippen molar-refractivity contribution in [3.63, 3.8) is 0 Å². The molecule has 1 unspecified atom stereocenters. The second kappa shape index (κ2) is 4.43. The number of nitriles is 1. The summed E-state index contributed by atoms with van der Waals surface area (Å²) in [4.78, 5) is 5.52. The molecular weight excluding hydrogens is 286 g/mol. The monoisotopic (exact) mass is 295 g/mol. The third kappa shape index (κ3) is 2.39. The lowest BCUT2D eigenvalue weighted by atomic mass is 10.1. The Kier molecular flexibility index (Phi) is 2.88. The highest BCUT2D eigenvalue weighted by Crippen LogP contribution is 2.30. The number of nitrogens with zero attached hydrogens (tertiary/aromatic N) is 3. The second-order valence-corrected chi connectivity index (χ2v) is 7.65. The molecule has 1 aliphatic heterocycles. The Morgan fingerprint density at radius 2 is 2.32 bits per heavy atom. The number of sulfone groups is 1. The molecule has 6 nitrogen and oxygen atoms in total. The van der Waals surface area contributed by atoms with Gasteiger partial charge in [0.15, 0.2) is 15.7 Å². The maximum atomic E-state index is 11.4. The van der Waals surface area contributed by atoms with Crippen LogP contribution >= 0.6 is 11.3 Å². The van der Waals surface area contributed by atoms with E-state index in [9.17, 15) is 8.42 Å². The molecule has 1 aliphatic rings. The summed E-state index contributed by atoms with van der Waals surface area (Å²) in [5, 5.41) is 12.6. The third-order valence-electron chi connectivity index (χ3n) is 2.97. The molecule has 2 aromatic heterocycles. The summed E-state index contributed by atoms with van der Waals surface area (Å²) >= 11 is 1.27. The summed E-state index contributed by atoms with van der Waals surface area (Å²) in [6.45, 7) is 0. The van der Waals surface area contributed by atoms with Gasteiger partial charge in [-0.3, -0.25) is 0 Å². The maximum Gasteiger partial charge on any atom is 0.268 e. The zero-order chi connectivity index (χ0) is 13.5. The molecule has 3 rings (SSSR count). The van der Waals surface area contributed by atoms with Crippen molar-refractivity contribution in [1.29, 1.82) is 5.26 Å². The van der Waals surface area contributed by atoms with E-state index in [1.807, 2.05) is 6.07 Å². The zero-order valence-corrected chi connectivity index (χ0v) is 11.4. The van der Waals surface area contributed by atoms with Crippen molar-refractivity contribution in [3.8, 4) is 16.8 Å². The molecule has 0 radical (unpaired) electrons. The van der Waals surface area contributed by atoms with Gasteiger partial charge in [-0.1, -0.05) is 5.16 Å². The molecule has 0 aromatic carbocycles. The van der Waals surface area contributed by atoms with Crippen LogP contribution in [-0.2, 0) is 9.84 Å². The normalized spacial score (nSPS) is 21.3. The fourth-order valence-electron chi connectivity index (χ4n) is 2.01. The quantitative estimate of drug-likeness (QED) is 0.834. The van der Waals surface area contributed by atoms with Gasteiger partial charge in [0.2, 0.25) is 0 Å². The van der Waals surface area contributed by atoms with Crippen LogP contribution in [0.15, 0.2) is 16.7 Å². The lowest BCUT2D eigenvalue weighted by Gasteiger charge is -1.97. The van der Waals surface area contributed by atoms with E-state index < -0.39 is 9.84 Å². The molecule has 1 fully saturated rings. The predicted octanol–water partition coefficient (Wildman–Crippen LogP) is 1.57. The lowest BCUT2D eigenvalue weighted by Crippen LogP contribution is -2.04. The Labute approximate surface area is 113 Å². The van der Waals surface area contributed by atoms with Gasteiger partial charge < -0.3 is 4.52 Å². The molecule has 0 aliphatic carbocycles. The van der Waals surface area contributed by atoms with Crippen LogP contribution in [0, 0.1) is 11.3 Å². The van der Waals surface area contributed by atoms with Gasteiger partial charge in [-0.25, -0.2) is 8.42 Å². The first kappa shape index (κ1) is 12.3. The summed E-state index contributed by atoms with van der Waals surface area (Å²) in [5.74, 6) is 0.852. The molecule has 0 amide bonds. The first-order valence-electron chi connectivity index (χ1n) is 5.62. The van der Waals surface area contributed by atoms with E-state index >= 15 is 0 Å². The first-order valence-corrected chi connectivity index (χ1v) is 8.25. The Morgan fingerprint density at radius 3 is 2.95 bits per heavy atom. The summed E-state index contributed by atoms with van der Waals surface area (Å²) < 4.78 is 28.0. The number of rotatable bonds is 2. The van der Waals surface area contributed by atoms with E-state index in [-0.39, 0.29) is 17.4 Å². The molecule has 8 heteroatoms. The highest BCUT2D eigenvalue weighted by atomic mass is 32.2. The van der Waals surface area contributed by atoms with Crippen LogP contribution in [0.3, 0.4) is 0 Å². The highest BCUT2D eigenvalue weighted by Gasteiger charge is 2.32. The van der Waals surface area contributed by atoms with E-state index in [2.05, 4.69) is 10.1 Å². The first-order chi connectivity index (χ1) is 9.07. The van der Waals surface area contributed by atoms with E-state index in [1.54, 1.807) is 12.1 Å². The Bertz CT molecular complexity index is 754. The minimum Gasteiger partial charge on any atom is -0.333 e. The summed E-state index contributed by atoms with van der Waals surface area (Å²) in [6, 6.07) is 5.47. The van der Waals surface area contributed by atoms with Crippen LogP contribution in [0.5, 0.6) is 0 Å². The second-order valence-electron chi connectivity index (χ2n) is 4.33. The predicted molar refractivity (Wildman–Crippen MR) is 68.3 cm³/mol. The van der Waals surface area contributed by atoms with Crippen LogP contribution in [0.4, 0.5) is 0 Å². The van der Waals surface area contributed by atoms with Crippen molar-refractivity contribution in [2.24, 2.45) is 0 Å². The molecule has 1 atom stereocenters. The standard InChI is InChI=1S/C11H9N3O3S2/c12-5-8-1-2-9(18-8)11-13-10(14-17-11)7-3-4-19(15,16)6-7/h1-2,7H,3-4,6H2. The third-order valence-corrected chi connectivity index (χ3v) is 5.71. The van der Waals surface area contributed by atoms with Gasteiger partial charge in [0.25, 0.3) is 5.89 Å². The molecular formula is C11H9N3O3S2. The Morgan fingerprint density at radius 1 is 1.47 bits per heavy atom. The van der Waals surface area contributed by atoms with Crippen molar-refractivity contribution >= 4 is 21.2 Å². The summed E-state index contributed by atoms with van der Waals surface area (Å²) in [6.07, 6.45) is 0.537. The van der Waals surface area contributed by atoms with Gasteiger partial charge in [-0.15, -0.1) is 11.3 Å². The van der Waals surface area contributed by atoms with Crippen LogP contribution in [0.25, 0.3) is 10.8 Å². The largest absolute Gasteiger partial charge is 0.333 e. The van der Waals surface area contributed by atoms with Gasteiger partial charge in [0.05, 0.1) is 16.4 Å².